The van der Waals surface area contributed by atoms with E-state index in [1.165, 1.54) is 36.2 Å². The van der Waals surface area contributed by atoms with Crippen LogP contribution in [0.25, 0.3) is 0 Å². The predicted molar refractivity (Wildman–Crippen MR) is 113 cm³/mol. The largest absolute Gasteiger partial charge is 0.332 e. The lowest BCUT2D eigenvalue weighted by atomic mass is 10.2. The number of carbonyl (C=O) groups is 2. The molecule has 0 saturated heterocycles. The number of hydrogen-bond acceptors (Lipinski definition) is 4. The first kappa shape index (κ1) is 22.6. The molecule has 2 aromatic rings. The fourth-order valence-electron chi connectivity index (χ4n) is 2.54. The fraction of sp³-hybridized carbons (Fsp3) is 0.333. The normalized spacial score (nSPS) is 12.3. The molecule has 2 rings (SSSR count). The Labute approximate surface area is 172 Å². The predicted octanol–water partition coefficient (Wildman–Crippen LogP) is 2.78. The van der Waals surface area contributed by atoms with Crippen LogP contribution in [0.5, 0.6) is 0 Å². The van der Waals surface area contributed by atoms with Crippen molar-refractivity contribution in [2.24, 2.45) is 0 Å². The monoisotopic (exact) mass is 417 g/mol. The van der Waals surface area contributed by atoms with Gasteiger partial charge in [-0.1, -0.05) is 24.6 Å². The number of anilines is 1. The Morgan fingerprint density at radius 2 is 1.62 bits per heavy atom. The molecule has 156 valence electrons. The summed E-state index contributed by atoms with van der Waals surface area (Å²) in [6.07, 6.45) is 0.672. The fourth-order valence-corrected chi connectivity index (χ4v) is 3.86. The zero-order valence-corrected chi connectivity index (χ0v) is 17.9. The van der Waals surface area contributed by atoms with Crippen molar-refractivity contribution in [3.63, 3.8) is 0 Å². The van der Waals surface area contributed by atoms with Gasteiger partial charge in [0.25, 0.3) is 5.91 Å². The first-order valence-electron chi connectivity index (χ1n) is 9.36. The lowest BCUT2D eigenvalue weighted by Crippen LogP contribution is -2.35. The molecule has 0 bridgehead atoms. The zero-order chi connectivity index (χ0) is 21.6. The topological polar surface area (TPSA) is 95.6 Å². The summed E-state index contributed by atoms with van der Waals surface area (Å²) >= 11 is 0. The summed E-state index contributed by atoms with van der Waals surface area (Å²) in [4.78, 5) is 26.1. The van der Waals surface area contributed by atoms with E-state index in [1.54, 1.807) is 19.1 Å². The molecule has 7 nitrogen and oxygen atoms in total. The van der Waals surface area contributed by atoms with Crippen molar-refractivity contribution in [3.8, 4) is 0 Å². The smallest absolute Gasteiger partial charge is 0.254 e. The van der Waals surface area contributed by atoms with Crippen LogP contribution < -0.4 is 10.0 Å². The quantitative estimate of drug-likeness (QED) is 0.690. The summed E-state index contributed by atoms with van der Waals surface area (Å²) in [5, 5.41) is 2.74. The van der Waals surface area contributed by atoms with Gasteiger partial charge in [0.05, 0.1) is 11.4 Å². The first-order valence-corrected chi connectivity index (χ1v) is 10.8. The molecule has 0 aromatic heterocycles. The number of rotatable bonds is 8. The molecule has 2 N–H and O–H groups in total. The van der Waals surface area contributed by atoms with Crippen molar-refractivity contribution in [1.29, 1.82) is 0 Å². The summed E-state index contributed by atoms with van der Waals surface area (Å²) in [5.41, 5.74) is 2.04. The van der Waals surface area contributed by atoms with Crippen LogP contribution >= 0.6 is 0 Å². The zero-order valence-electron chi connectivity index (χ0n) is 17.1. The van der Waals surface area contributed by atoms with E-state index in [9.17, 15) is 18.0 Å². The van der Waals surface area contributed by atoms with Gasteiger partial charge >= 0.3 is 0 Å². The third-order valence-electron chi connectivity index (χ3n) is 4.44. The van der Waals surface area contributed by atoms with E-state index < -0.39 is 10.0 Å². The Hall–Kier alpha value is -2.71. The van der Waals surface area contributed by atoms with Crippen molar-refractivity contribution in [1.82, 2.24) is 9.62 Å². The van der Waals surface area contributed by atoms with Crippen LogP contribution in [0.4, 0.5) is 5.69 Å². The van der Waals surface area contributed by atoms with E-state index in [-0.39, 0.29) is 29.3 Å². The van der Waals surface area contributed by atoms with Gasteiger partial charge in [0.2, 0.25) is 15.9 Å². The third kappa shape index (κ3) is 6.40. The van der Waals surface area contributed by atoms with Gasteiger partial charge in [-0.15, -0.1) is 0 Å². The second-order valence-corrected chi connectivity index (χ2v) is 8.74. The van der Waals surface area contributed by atoms with Gasteiger partial charge in [-0.25, -0.2) is 13.1 Å². The minimum atomic E-state index is -3.63. The molecular formula is C21H27N3O4S. The number of sulfonamides is 1. The van der Waals surface area contributed by atoms with E-state index in [1.807, 2.05) is 26.0 Å². The number of amides is 2. The molecule has 0 heterocycles. The highest BCUT2D eigenvalue weighted by atomic mass is 32.2. The molecular weight excluding hydrogens is 390 g/mol. The van der Waals surface area contributed by atoms with Crippen molar-refractivity contribution in [3.05, 3.63) is 59.7 Å². The van der Waals surface area contributed by atoms with Crippen molar-refractivity contribution < 1.29 is 18.0 Å². The summed E-state index contributed by atoms with van der Waals surface area (Å²) < 4.78 is 27.2. The van der Waals surface area contributed by atoms with Gasteiger partial charge in [-0.2, -0.15) is 0 Å². The Balaban J connectivity index is 2.00. The van der Waals surface area contributed by atoms with E-state index in [4.69, 9.17) is 0 Å². The Bertz CT molecular complexity index is 954. The van der Waals surface area contributed by atoms with Crippen LogP contribution in [0.2, 0.25) is 0 Å². The van der Waals surface area contributed by atoms with E-state index >= 15 is 0 Å². The minimum absolute atomic E-state index is 0.0918. The first-order chi connectivity index (χ1) is 13.6. The van der Waals surface area contributed by atoms with Gasteiger partial charge in [0.15, 0.2) is 0 Å². The van der Waals surface area contributed by atoms with Crippen LogP contribution in [0.3, 0.4) is 0 Å². The number of hydrogen-bond donors (Lipinski definition) is 2. The van der Waals surface area contributed by atoms with Crippen LogP contribution in [0, 0.1) is 6.92 Å². The molecule has 2 aromatic carbocycles. The molecule has 8 heteroatoms. The molecule has 1 atom stereocenters. The summed E-state index contributed by atoms with van der Waals surface area (Å²) in [6, 6.07) is 12.8. The van der Waals surface area contributed by atoms with E-state index in [0.717, 1.165) is 5.56 Å². The highest BCUT2D eigenvalue weighted by Gasteiger charge is 2.19. The minimum Gasteiger partial charge on any atom is -0.332 e. The lowest BCUT2D eigenvalue weighted by molar-refractivity contribution is -0.116. The van der Waals surface area contributed by atoms with Gasteiger partial charge in [0.1, 0.15) is 0 Å². The summed E-state index contributed by atoms with van der Waals surface area (Å²) in [6.45, 7) is 5.50. The Morgan fingerprint density at radius 1 is 1.03 bits per heavy atom. The van der Waals surface area contributed by atoms with Crippen molar-refractivity contribution >= 4 is 27.5 Å². The molecule has 0 saturated carbocycles. The van der Waals surface area contributed by atoms with Crippen LogP contribution in [0.15, 0.2) is 53.4 Å². The second-order valence-electron chi connectivity index (χ2n) is 7.03. The van der Waals surface area contributed by atoms with Gasteiger partial charge in [0, 0.05) is 24.3 Å². The molecule has 0 aliphatic rings. The highest BCUT2D eigenvalue weighted by molar-refractivity contribution is 7.89. The number of carbonyl (C=O) groups excluding carboxylic acids is 2. The number of nitrogens with zero attached hydrogens (tertiary/aromatic N) is 1. The standard InChI is InChI=1S/C21H27N3O4S/c1-5-16(3)23-29(27,28)19-12-8-17(9-13-19)21(26)24(4)14-20(25)22-18-10-6-15(2)7-11-18/h6-13,16,23H,5,14H2,1-4H3,(H,22,25)/t16-/m0/s1. The maximum atomic E-state index is 12.5. The third-order valence-corrected chi connectivity index (χ3v) is 6.05. The van der Waals surface area contributed by atoms with E-state index in [2.05, 4.69) is 10.0 Å². The van der Waals surface area contributed by atoms with Crippen LogP contribution in [-0.4, -0.2) is 44.8 Å². The Morgan fingerprint density at radius 3 is 2.17 bits per heavy atom. The average molecular weight is 418 g/mol. The molecule has 0 aliphatic carbocycles. The number of likely N-dealkylation sites (N-methyl/N-ethyl adjacent to an activating group) is 1. The van der Waals surface area contributed by atoms with Crippen LogP contribution in [0.1, 0.15) is 36.2 Å². The maximum absolute atomic E-state index is 12.5. The highest BCUT2D eigenvalue weighted by Crippen LogP contribution is 2.13. The van der Waals surface area contributed by atoms with E-state index in [0.29, 0.717) is 17.7 Å². The SMILES string of the molecule is CC[C@H](C)NS(=O)(=O)c1ccc(C(=O)N(C)CC(=O)Nc2ccc(C)cc2)cc1. The molecule has 0 radical (unpaired) electrons. The molecule has 0 unspecified atom stereocenters. The van der Waals surface area contributed by atoms with Crippen LogP contribution in [-0.2, 0) is 14.8 Å². The van der Waals surface area contributed by atoms with Crippen molar-refractivity contribution in [2.45, 2.75) is 38.1 Å². The van der Waals surface area contributed by atoms with Gasteiger partial charge in [-0.05, 0) is 56.7 Å². The maximum Gasteiger partial charge on any atom is 0.254 e. The lowest BCUT2D eigenvalue weighted by Gasteiger charge is -2.17. The molecule has 29 heavy (non-hydrogen) atoms. The summed E-state index contributed by atoms with van der Waals surface area (Å²) in [7, 11) is -2.11. The molecule has 0 fully saturated rings. The Kier molecular flexibility index (Phi) is 7.53. The second kappa shape index (κ2) is 9.67. The number of benzene rings is 2. The van der Waals surface area contributed by atoms with Gasteiger partial charge in [-0.3, -0.25) is 9.59 Å². The number of aryl methyl sites for hydroxylation is 1. The molecule has 2 amide bonds. The molecule has 0 aliphatic heterocycles. The summed E-state index contributed by atoms with van der Waals surface area (Å²) in [5.74, 6) is -0.690. The van der Waals surface area contributed by atoms with Gasteiger partial charge < -0.3 is 10.2 Å². The van der Waals surface area contributed by atoms with Crippen molar-refractivity contribution in [2.75, 3.05) is 18.9 Å². The average Bonchev–Trinajstić information content (AvgIpc) is 2.68. The number of nitrogens with one attached hydrogen (secondary N) is 2. The molecule has 0 spiro atoms.